The number of rotatable bonds is 2. The first-order chi connectivity index (χ1) is 9.23. The Balaban J connectivity index is 2.45. The number of nitrogens with zero attached hydrogens (tertiary/aromatic N) is 1. The number of carbonyl (C=O) groups is 2. The largest absolute Gasteiger partial charge is 0.294 e. The summed E-state index contributed by atoms with van der Waals surface area (Å²) in [6.45, 7) is 1.03. The summed E-state index contributed by atoms with van der Waals surface area (Å²) >= 11 is 8.96. The van der Waals surface area contributed by atoms with Crippen LogP contribution in [0.5, 0.6) is 0 Å². The van der Waals surface area contributed by atoms with Crippen molar-refractivity contribution in [3.05, 3.63) is 27.7 Å². The van der Waals surface area contributed by atoms with E-state index < -0.39 is 34.4 Å². The maximum atomic E-state index is 12.5. The topological polar surface area (TPSA) is 83.6 Å². The van der Waals surface area contributed by atoms with Crippen LogP contribution < -0.4 is 5.32 Å². The molecule has 20 heavy (non-hydrogen) atoms. The van der Waals surface area contributed by atoms with E-state index in [1.807, 2.05) is 0 Å². The number of piperazine rings is 1. The predicted molar refractivity (Wildman–Crippen MR) is 75.7 cm³/mol. The first-order valence-electron chi connectivity index (χ1n) is 5.54. The van der Waals surface area contributed by atoms with E-state index in [-0.39, 0.29) is 4.90 Å². The molecule has 9 heteroatoms. The van der Waals surface area contributed by atoms with Gasteiger partial charge in [0.2, 0.25) is 21.8 Å². The molecule has 0 spiro atoms. The third-order valence-electron chi connectivity index (χ3n) is 2.87. The normalized spacial score (nSPS) is 20.9. The Labute approximate surface area is 129 Å². The number of hydrogen-bond acceptors (Lipinski definition) is 4. The fourth-order valence-corrected chi connectivity index (χ4v) is 3.98. The van der Waals surface area contributed by atoms with Crippen LogP contribution >= 0.6 is 27.5 Å². The molecule has 1 N–H and O–H groups in total. The standard InChI is InChI=1S/C11H10BrClN2O4S/c1-6-11(17)14-10(16)5-15(6)20(18,19)7-2-3-9(13)8(12)4-7/h2-4,6H,5H2,1H3,(H,14,16,17). The van der Waals surface area contributed by atoms with E-state index in [0.29, 0.717) is 9.50 Å². The van der Waals surface area contributed by atoms with Gasteiger partial charge in [0.15, 0.2) is 0 Å². The van der Waals surface area contributed by atoms with Crippen molar-refractivity contribution in [1.82, 2.24) is 9.62 Å². The summed E-state index contributed by atoms with van der Waals surface area (Å²) in [6.07, 6.45) is 0. The molecule has 2 rings (SSSR count). The van der Waals surface area contributed by atoms with Gasteiger partial charge in [0.1, 0.15) is 6.04 Å². The molecule has 0 saturated carbocycles. The molecule has 1 unspecified atom stereocenters. The minimum atomic E-state index is -3.95. The minimum Gasteiger partial charge on any atom is -0.294 e. The average Bonchev–Trinajstić information content (AvgIpc) is 2.36. The SMILES string of the molecule is CC1C(=O)NC(=O)CN1S(=O)(=O)c1ccc(Cl)c(Br)c1. The van der Waals surface area contributed by atoms with Crippen LogP contribution in [0.15, 0.2) is 27.6 Å². The van der Waals surface area contributed by atoms with Crippen molar-refractivity contribution < 1.29 is 18.0 Å². The molecular weight excluding hydrogens is 372 g/mol. The molecular formula is C11H10BrClN2O4S. The van der Waals surface area contributed by atoms with Crippen molar-refractivity contribution in [2.75, 3.05) is 6.54 Å². The van der Waals surface area contributed by atoms with E-state index in [9.17, 15) is 18.0 Å². The molecule has 1 heterocycles. The van der Waals surface area contributed by atoms with E-state index in [2.05, 4.69) is 21.2 Å². The maximum Gasteiger partial charge on any atom is 0.244 e. The smallest absolute Gasteiger partial charge is 0.244 e. The molecule has 1 fully saturated rings. The molecule has 0 aliphatic carbocycles. The van der Waals surface area contributed by atoms with Crippen LogP contribution in [0.1, 0.15) is 6.92 Å². The van der Waals surface area contributed by atoms with Crippen LogP contribution in [0.3, 0.4) is 0 Å². The molecule has 1 aliphatic heterocycles. The molecule has 0 bridgehead atoms. The minimum absolute atomic E-state index is 0.0388. The summed E-state index contributed by atoms with van der Waals surface area (Å²) in [4.78, 5) is 22.9. The molecule has 1 aromatic rings. The first kappa shape index (κ1) is 15.4. The molecule has 0 aromatic heterocycles. The highest BCUT2D eigenvalue weighted by atomic mass is 79.9. The first-order valence-corrected chi connectivity index (χ1v) is 8.15. The number of carbonyl (C=O) groups excluding carboxylic acids is 2. The van der Waals surface area contributed by atoms with Gasteiger partial charge in [-0.3, -0.25) is 14.9 Å². The Hall–Kier alpha value is -0.960. The van der Waals surface area contributed by atoms with E-state index >= 15 is 0 Å². The summed E-state index contributed by atoms with van der Waals surface area (Å²) in [5.74, 6) is -1.29. The summed E-state index contributed by atoms with van der Waals surface area (Å²) in [6, 6.07) is 3.13. The number of amides is 2. The van der Waals surface area contributed by atoms with Gasteiger partial charge in [-0.1, -0.05) is 11.6 Å². The Bertz CT molecular complexity index is 692. The summed E-state index contributed by atoms with van der Waals surface area (Å²) in [7, 11) is -3.95. The second-order valence-electron chi connectivity index (χ2n) is 4.21. The van der Waals surface area contributed by atoms with Gasteiger partial charge in [0.05, 0.1) is 16.5 Å². The van der Waals surface area contributed by atoms with Crippen LogP contribution in [-0.4, -0.2) is 37.1 Å². The molecule has 0 radical (unpaired) electrons. The fourth-order valence-electron chi connectivity index (χ4n) is 1.76. The van der Waals surface area contributed by atoms with Crippen LogP contribution in [0.4, 0.5) is 0 Å². The number of hydrogen-bond donors (Lipinski definition) is 1. The monoisotopic (exact) mass is 380 g/mol. The van der Waals surface area contributed by atoms with E-state index in [0.717, 1.165) is 4.31 Å². The Morgan fingerprint density at radius 1 is 1.40 bits per heavy atom. The molecule has 1 saturated heterocycles. The lowest BCUT2D eigenvalue weighted by Crippen LogP contribution is -2.58. The fraction of sp³-hybridized carbons (Fsp3) is 0.273. The van der Waals surface area contributed by atoms with Crippen LogP contribution in [0.25, 0.3) is 0 Å². The van der Waals surface area contributed by atoms with Gasteiger partial charge in [-0.2, -0.15) is 4.31 Å². The van der Waals surface area contributed by atoms with Crippen molar-refractivity contribution in [2.24, 2.45) is 0 Å². The number of nitrogens with one attached hydrogen (secondary N) is 1. The third-order valence-corrected chi connectivity index (χ3v) is 6.00. The molecule has 1 aliphatic rings. The lowest BCUT2D eigenvalue weighted by atomic mass is 10.2. The lowest BCUT2D eigenvalue weighted by molar-refractivity contribution is -0.136. The second-order valence-corrected chi connectivity index (χ2v) is 7.37. The maximum absolute atomic E-state index is 12.5. The van der Waals surface area contributed by atoms with Gasteiger partial charge in [0.25, 0.3) is 0 Å². The number of sulfonamides is 1. The zero-order valence-corrected chi connectivity index (χ0v) is 13.4. The van der Waals surface area contributed by atoms with E-state index in [1.165, 1.54) is 25.1 Å². The highest BCUT2D eigenvalue weighted by Crippen LogP contribution is 2.28. The zero-order chi connectivity index (χ0) is 15.1. The quantitative estimate of drug-likeness (QED) is 0.779. The van der Waals surface area contributed by atoms with Crippen molar-refractivity contribution in [3.8, 4) is 0 Å². The van der Waals surface area contributed by atoms with Crippen LogP contribution in [0, 0.1) is 0 Å². The van der Waals surface area contributed by atoms with Gasteiger partial charge in [-0.25, -0.2) is 8.42 Å². The number of benzene rings is 1. The molecule has 1 aromatic carbocycles. The molecule has 2 amide bonds. The number of imide groups is 1. The predicted octanol–water partition coefficient (Wildman–Crippen LogP) is 1.14. The molecule has 108 valence electrons. The van der Waals surface area contributed by atoms with Gasteiger partial charge >= 0.3 is 0 Å². The zero-order valence-electron chi connectivity index (χ0n) is 10.3. The summed E-state index contributed by atoms with van der Waals surface area (Å²) in [5, 5.41) is 2.45. The Kier molecular flexibility index (Phi) is 4.19. The molecule has 1 atom stereocenters. The second kappa shape index (κ2) is 5.44. The third kappa shape index (κ3) is 2.73. The van der Waals surface area contributed by atoms with Gasteiger partial charge in [-0.05, 0) is 41.1 Å². The average molecular weight is 382 g/mol. The van der Waals surface area contributed by atoms with Crippen molar-refractivity contribution >= 4 is 49.4 Å². The van der Waals surface area contributed by atoms with Crippen molar-refractivity contribution in [1.29, 1.82) is 0 Å². The lowest BCUT2D eigenvalue weighted by Gasteiger charge is -2.30. The Morgan fingerprint density at radius 2 is 2.05 bits per heavy atom. The van der Waals surface area contributed by atoms with Gasteiger partial charge in [0, 0.05) is 4.47 Å². The van der Waals surface area contributed by atoms with Crippen LogP contribution in [0.2, 0.25) is 5.02 Å². The highest BCUT2D eigenvalue weighted by molar-refractivity contribution is 9.10. The number of halogens is 2. The van der Waals surface area contributed by atoms with E-state index in [4.69, 9.17) is 11.6 Å². The van der Waals surface area contributed by atoms with E-state index in [1.54, 1.807) is 0 Å². The van der Waals surface area contributed by atoms with Gasteiger partial charge < -0.3 is 0 Å². The molecule has 6 nitrogen and oxygen atoms in total. The van der Waals surface area contributed by atoms with Gasteiger partial charge in [-0.15, -0.1) is 0 Å². The van der Waals surface area contributed by atoms with Crippen LogP contribution in [-0.2, 0) is 19.6 Å². The summed E-state index contributed by atoms with van der Waals surface area (Å²) in [5.41, 5.74) is 0. The highest BCUT2D eigenvalue weighted by Gasteiger charge is 2.39. The van der Waals surface area contributed by atoms with Crippen molar-refractivity contribution in [2.45, 2.75) is 17.9 Å². The van der Waals surface area contributed by atoms with Crippen molar-refractivity contribution in [3.63, 3.8) is 0 Å². The Morgan fingerprint density at radius 3 is 2.65 bits per heavy atom. The summed E-state index contributed by atoms with van der Waals surface area (Å²) < 4.78 is 26.2.